The molecule has 5 nitrogen and oxygen atoms in total. The molecule has 0 fully saturated rings. The van der Waals surface area contributed by atoms with E-state index in [2.05, 4.69) is 11.9 Å². The van der Waals surface area contributed by atoms with E-state index in [0.29, 0.717) is 6.54 Å². The molecular formula is C17H23N3O2S. The average Bonchev–Trinajstić information content (AvgIpc) is 3.04. The van der Waals surface area contributed by atoms with E-state index in [1.807, 2.05) is 36.6 Å². The Hall–Kier alpha value is -1.82. The number of rotatable bonds is 4. The predicted octanol–water partition coefficient (Wildman–Crippen LogP) is 3.17. The first kappa shape index (κ1) is 16.1. The minimum atomic E-state index is -3.62. The van der Waals surface area contributed by atoms with E-state index in [0.717, 1.165) is 36.1 Å². The minimum Gasteiger partial charge on any atom is -0.334 e. The maximum atomic E-state index is 13.1. The number of sulfonamides is 1. The third kappa shape index (κ3) is 2.76. The van der Waals surface area contributed by atoms with Gasteiger partial charge in [-0.15, -0.1) is 0 Å². The molecule has 6 heteroatoms. The van der Waals surface area contributed by atoms with Crippen LogP contribution in [0.3, 0.4) is 0 Å². The number of nitrogens with zero attached hydrogens (tertiary/aromatic N) is 3. The second-order valence-corrected chi connectivity index (χ2v) is 8.02. The highest BCUT2D eigenvalue weighted by atomic mass is 32.2. The molecule has 3 rings (SSSR count). The van der Waals surface area contributed by atoms with E-state index in [4.69, 9.17) is 0 Å². The van der Waals surface area contributed by atoms with Crippen LogP contribution in [0, 0.1) is 0 Å². The SMILES string of the molecule is CCc1cccc2c1N(S(=O)(=O)c1cn(C(C)C)cn1)CCC2. The highest BCUT2D eigenvalue weighted by molar-refractivity contribution is 7.92. The zero-order valence-corrected chi connectivity index (χ0v) is 14.7. The lowest BCUT2D eigenvalue weighted by molar-refractivity contribution is 0.580. The number of imidazole rings is 1. The molecule has 2 aromatic rings. The Bertz CT molecular complexity index is 795. The molecule has 0 bridgehead atoms. The van der Waals surface area contributed by atoms with Gasteiger partial charge >= 0.3 is 0 Å². The maximum absolute atomic E-state index is 13.1. The van der Waals surface area contributed by atoms with E-state index in [1.54, 1.807) is 16.8 Å². The van der Waals surface area contributed by atoms with Gasteiger partial charge in [-0.2, -0.15) is 8.42 Å². The van der Waals surface area contributed by atoms with Crippen LogP contribution >= 0.6 is 0 Å². The van der Waals surface area contributed by atoms with Crippen molar-refractivity contribution in [2.45, 2.75) is 51.1 Å². The highest BCUT2D eigenvalue weighted by Crippen LogP contribution is 2.35. The van der Waals surface area contributed by atoms with Gasteiger partial charge in [0.15, 0.2) is 5.03 Å². The van der Waals surface area contributed by atoms with Gasteiger partial charge in [-0.3, -0.25) is 4.31 Å². The first-order valence-corrected chi connectivity index (χ1v) is 9.56. The summed E-state index contributed by atoms with van der Waals surface area (Å²) in [6, 6.07) is 6.25. The van der Waals surface area contributed by atoms with Crippen molar-refractivity contribution in [2.75, 3.05) is 10.8 Å². The van der Waals surface area contributed by atoms with E-state index < -0.39 is 10.0 Å². The van der Waals surface area contributed by atoms with Crippen LogP contribution in [0.15, 0.2) is 35.7 Å². The van der Waals surface area contributed by atoms with Crippen molar-refractivity contribution < 1.29 is 8.42 Å². The highest BCUT2D eigenvalue weighted by Gasteiger charge is 2.32. The molecule has 0 atom stereocenters. The molecule has 1 aromatic heterocycles. The monoisotopic (exact) mass is 333 g/mol. The smallest absolute Gasteiger partial charge is 0.283 e. The quantitative estimate of drug-likeness (QED) is 0.863. The summed E-state index contributed by atoms with van der Waals surface area (Å²) < 4.78 is 29.6. The van der Waals surface area contributed by atoms with Crippen LogP contribution in [0.2, 0.25) is 0 Å². The van der Waals surface area contributed by atoms with Crippen LogP contribution in [0.25, 0.3) is 0 Å². The topological polar surface area (TPSA) is 55.2 Å². The normalized spacial score (nSPS) is 15.0. The van der Waals surface area contributed by atoms with Crippen LogP contribution < -0.4 is 4.31 Å². The van der Waals surface area contributed by atoms with Gasteiger partial charge in [-0.1, -0.05) is 25.1 Å². The van der Waals surface area contributed by atoms with Gasteiger partial charge in [0.2, 0.25) is 0 Å². The fourth-order valence-corrected chi connectivity index (χ4v) is 4.57. The Morgan fingerprint density at radius 1 is 1.30 bits per heavy atom. The van der Waals surface area contributed by atoms with Gasteiger partial charge in [0.05, 0.1) is 12.0 Å². The first-order valence-electron chi connectivity index (χ1n) is 8.12. The van der Waals surface area contributed by atoms with Crippen LogP contribution in [0.4, 0.5) is 5.69 Å². The van der Waals surface area contributed by atoms with Gasteiger partial charge in [-0.05, 0) is 44.2 Å². The molecule has 0 spiro atoms. The number of hydrogen-bond donors (Lipinski definition) is 0. The van der Waals surface area contributed by atoms with E-state index in [-0.39, 0.29) is 11.1 Å². The van der Waals surface area contributed by atoms with Crippen molar-refractivity contribution in [2.24, 2.45) is 0 Å². The molecule has 0 radical (unpaired) electrons. The molecule has 0 aliphatic carbocycles. The molecule has 0 saturated carbocycles. The third-order valence-corrected chi connectivity index (χ3v) is 6.05. The summed E-state index contributed by atoms with van der Waals surface area (Å²) in [5.41, 5.74) is 3.05. The molecule has 1 aromatic carbocycles. The molecule has 0 unspecified atom stereocenters. The van der Waals surface area contributed by atoms with Crippen molar-refractivity contribution in [1.29, 1.82) is 0 Å². The van der Waals surface area contributed by atoms with Crippen LogP contribution in [0.5, 0.6) is 0 Å². The molecule has 0 saturated heterocycles. The third-order valence-electron chi connectivity index (χ3n) is 4.37. The van der Waals surface area contributed by atoms with E-state index >= 15 is 0 Å². The van der Waals surface area contributed by atoms with Crippen molar-refractivity contribution in [3.63, 3.8) is 0 Å². The number of para-hydroxylation sites is 1. The Morgan fingerprint density at radius 2 is 2.09 bits per heavy atom. The molecule has 1 aliphatic rings. The Morgan fingerprint density at radius 3 is 2.74 bits per heavy atom. The maximum Gasteiger partial charge on any atom is 0.283 e. The second kappa shape index (κ2) is 6.00. The fourth-order valence-electron chi connectivity index (χ4n) is 3.06. The van der Waals surface area contributed by atoms with Gasteiger partial charge in [0.1, 0.15) is 0 Å². The summed E-state index contributed by atoms with van der Waals surface area (Å²) in [4.78, 5) is 4.15. The summed E-state index contributed by atoms with van der Waals surface area (Å²) in [6.07, 6.45) is 5.80. The summed E-state index contributed by atoms with van der Waals surface area (Å²) in [6.45, 7) is 6.58. The van der Waals surface area contributed by atoms with Crippen molar-refractivity contribution >= 4 is 15.7 Å². The van der Waals surface area contributed by atoms with Crippen molar-refractivity contribution in [3.05, 3.63) is 41.9 Å². The number of aryl methyl sites for hydroxylation is 2. The number of benzene rings is 1. The predicted molar refractivity (Wildman–Crippen MR) is 91.3 cm³/mol. The van der Waals surface area contributed by atoms with Crippen LogP contribution in [0.1, 0.15) is 44.4 Å². The average molecular weight is 333 g/mol. The fraction of sp³-hybridized carbons (Fsp3) is 0.471. The number of hydrogen-bond acceptors (Lipinski definition) is 3. The molecule has 124 valence electrons. The molecular weight excluding hydrogens is 310 g/mol. The Kier molecular flexibility index (Phi) is 4.19. The Labute approximate surface area is 138 Å². The van der Waals surface area contributed by atoms with Gasteiger partial charge in [0, 0.05) is 18.8 Å². The summed E-state index contributed by atoms with van der Waals surface area (Å²) in [5, 5.41) is 0.130. The van der Waals surface area contributed by atoms with Crippen LogP contribution in [-0.2, 0) is 22.9 Å². The first-order chi connectivity index (χ1) is 10.9. The van der Waals surface area contributed by atoms with Gasteiger partial charge < -0.3 is 4.57 Å². The lowest BCUT2D eigenvalue weighted by Crippen LogP contribution is -2.36. The van der Waals surface area contributed by atoms with Crippen molar-refractivity contribution in [3.8, 4) is 0 Å². The molecule has 23 heavy (non-hydrogen) atoms. The van der Waals surface area contributed by atoms with Gasteiger partial charge in [0.25, 0.3) is 10.0 Å². The van der Waals surface area contributed by atoms with Gasteiger partial charge in [-0.25, -0.2) is 4.98 Å². The molecule has 2 heterocycles. The summed E-state index contributed by atoms with van der Waals surface area (Å²) >= 11 is 0. The second-order valence-electron chi connectivity index (χ2n) is 6.21. The lowest BCUT2D eigenvalue weighted by atomic mass is 9.98. The number of fused-ring (bicyclic) bond motifs is 1. The molecule has 0 amide bonds. The lowest BCUT2D eigenvalue weighted by Gasteiger charge is -2.31. The summed E-state index contributed by atoms with van der Waals surface area (Å²) in [7, 11) is -3.62. The van der Waals surface area contributed by atoms with Crippen molar-refractivity contribution in [1.82, 2.24) is 9.55 Å². The standard InChI is InChI=1S/C17H23N3O2S/c1-4-14-7-5-8-15-9-6-10-20(17(14)15)23(21,22)16-11-19(12-18-16)13(2)3/h5,7-8,11-13H,4,6,9-10H2,1-3H3. The van der Waals surface area contributed by atoms with Crippen LogP contribution in [-0.4, -0.2) is 24.5 Å². The molecule has 1 aliphatic heterocycles. The van der Waals surface area contributed by atoms with E-state index in [9.17, 15) is 8.42 Å². The summed E-state index contributed by atoms with van der Waals surface area (Å²) in [5.74, 6) is 0. The molecule has 0 N–H and O–H groups in total. The Balaban J connectivity index is 2.08. The zero-order chi connectivity index (χ0) is 16.6. The number of aromatic nitrogens is 2. The zero-order valence-electron chi connectivity index (χ0n) is 13.9. The minimum absolute atomic E-state index is 0.130. The largest absolute Gasteiger partial charge is 0.334 e. The van der Waals surface area contributed by atoms with E-state index in [1.165, 1.54) is 0 Å². The number of anilines is 1.